The van der Waals surface area contributed by atoms with E-state index in [0.29, 0.717) is 40.5 Å². The lowest BCUT2D eigenvalue weighted by molar-refractivity contribution is 0.275. The molecule has 0 bridgehead atoms. The molecule has 0 spiro atoms. The fraction of sp³-hybridized carbons (Fsp3) is 0.538. The molecule has 1 unspecified atom stereocenters. The van der Waals surface area contributed by atoms with Gasteiger partial charge in [-0.15, -0.1) is 11.8 Å². The van der Waals surface area contributed by atoms with Gasteiger partial charge in [0.1, 0.15) is 12.3 Å². The Morgan fingerprint density at radius 1 is 1.20 bits per heavy atom. The van der Waals surface area contributed by atoms with E-state index >= 15 is 0 Å². The number of rotatable bonds is 4. The Morgan fingerprint density at radius 2 is 1.80 bits per heavy atom. The van der Waals surface area contributed by atoms with Crippen molar-refractivity contribution in [3.8, 4) is 17.2 Å². The number of fused-ring (bicyclic) bond motifs is 1. The number of nitrogen functional groups attached to an aromatic ring is 2. The number of thioether (sulfide) groups is 1. The van der Waals surface area contributed by atoms with Crippen LogP contribution in [-0.4, -0.2) is 51.6 Å². The maximum absolute atomic E-state index is 6.18. The van der Waals surface area contributed by atoms with Crippen LogP contribution >= 0.6 is 11.8 Å². The van der Waals surface area contributed by atoms with Gasteiger partial charge in [-0.05, 0) is 14.1 Å². The first-order chi connectivity index (χ1) is 9.49. The molecular weight excluding hydrogens is 278 g/mol. The molecule has 0 saturated carbocycles. The first kappa shape index (κ1) is 14.9. The van der Waals surface area contributed by atoms with Crippen molar-refractivity contribution in [2.24, 2.45) is 0 Å². The molecule has 1 heterocycles. The van der Waals surface area contributed by atoms with Gasteiger partial charge in [-0.1, -0.05) is 0 Å². The zero-order chi connectivity index (χ0) is 14.9. The van der Waals surface area contributed by atoms with E-state index in [4.69, 9.17) is 25.7 Å². The van der Waals surface area contributed by atoms with Crippen LogP contribution in [0.3, 0.4) is 0 Å². The number of hydrogen-bond acceptors (Lipinski definition) is 7. The van der Waals surface area contributed by atoms with Gasteiger partial charge in [0.25, 0.3) is 0 Å². The molecule has 1 atom stereocenters. The van der Waals surface area contributed by atoms with Gasteiger partial charge in [-0.25, -0.2) is 0 Å². The van der Waals surface area contributed by atoms with E-state index in [0.717, 1.165) is 11.4 Å². The number of nitrogens with zero attached hydrogens (tertiary/aromatic N) is 1. The third kappa shape index (κ3) is 2.55. The van der Waals surface area contributed by atoms with Crippen molar-refractivity contribution in [1.82, 2.24) is 4.90 Å². The number of nitrogens with two attached hydrogens (primary N) is 2. The lowest BCUT2D eigenvalue weighted by Gasteiger charge is -2.30. The summed E-state index contributed by atoms with van der Waals surface area (Å²) < 4.78 is 16.4. The lowest BCUT2D eigenvalue weighted by atomic mass is 10.2. The van der Waals surface area contributed by atoms with Crippen molar-refractivity contribution in [3.63, 3.8) is 0 Å². The van der Waals surface area contributed by atoms with Gasteiger partial charge in [0, 0.05) is 6.54 Å². The molecule has 1 aromatic rings. The van der Waals surface area contributed by atoms with Crippen LogP contribution in [0, 0.1) is 0 Å². The number of methoxy groups -OCH3 is 2. The summed E-state index contributed by atoms with van der Waals surface area (Å²) in [4.78, 5) is 2.95. The fourth-order valence-electron chi connectivity index (χ4n) is 2.24. The number of anilines is 2. The summed E-state index contributed by atoms with van der Waals surface area (Å²) in [5, 5.41) is 0.303. The van der Waals surface area contributed by atoms with Crippen molar-refractivity contribution < 1.29 is 14.2 Å². The minimum Gasteiger partial charge on any atom is -0.491 e. The average molecular weight is 299 g/mol. The molecule has 0 fully saturated rings. The zero-order valence-corrected chi connectivity index (χ0v) is 13.0. The second-order valence-electron chi connectivity index (χ2n) is 4.87. The molecule has 6 nitrogen and oxygen atoms in total. The van der Waals surface area contributed by atoms with Crippen LogP contribution < -0.4 is 25.7 Å². The molecule has 0 amide bonds. The molecule has 1 aromatic carbocycles. The van der Waals surface area contributed by atoms with Gasteiger partial charge in [-0.3, -0.25) is 0 Å². The number of ether oxygens (including phenoxy) is 3. The minimum absolute atomic E-state index is 0.303. The minimum atomic E-state index is 0.303. The second-order valence-corrected chi connectivity index (χ2v) is 6.18. The Labute approximate surface area is 123 Å². The molecule has 0 aromatic heterocycles. The summed E-state index contributed by atoms with van der Waals surface area (Å²) in [6.07, 6.45) is 0. The summed E-state index contributed by atoms with van der Waals surface area (Å²) >= 11 is 1.67. The zero-order valence-electron chi connectivity index (χ0n) is 12.2. The van der Waals surface area contributed by atoms with E-state index in [1.54, 1.807) is 18.9 Å². The van der Waals surface area contributed by atoms with Gasteiger partial charge in [0.05, 0.1) is 30.1 Å². The SMILES string of the molecule is COc1c(N)c2c(c(N)c1OC)SC(CN(C)C)CO2. The third-order valence-corrected chi connectivity index (χ3v) is 4.33. The molecule has 0 radical (unpaired) electrons. The molecule has 112 valence electrons. The predicted octanol–water partition coefficient (Wildman–Crippen LogP) is 1.28. The van der Waals surface area contributed by atoms with E-state index in [9.17, 15) is 0 Å². The highest BCUT2D eigenvalue weighted by Crippen LogP contribution is 2.54. The van der Waals surface area contributed by atoms with Crippen LogP contribution in [0.4, 0.5) is 11.4 Å². The van der Waals surface area contributed by atoms with Gasteiger partial charge in [-0.2, -0.15) is 0 Å². The smallest absolute Gasteiger partial charge is 0.189 e. The first-order valence-corrected chi connectivity index (χ1v) is 7.14. The highest BCUT2D eigenvalue weighted by Gasteiger charge is 2.30. The normalized spacial score (nSPS) is 17.6. The van der Waals surface area contributed by atoms with Crippen molar-refractivity contribution >= 4 is 23.1 Å². The molecule has 2 rings (SSSR count). The molecule has 1 aliphatic heterocycles. The van der Waals surface area contributed by atoms with E-state index in [2.05, 4.69) is 4.90 Å². The van der Waals surface area contributed by atoms with Crippen LogP contribution in [0.25, 0.3) is 0 Å². The lowest BCUT2D eigenvalue weighted by Crippen LogP contribution is -2.31. The van der Waals surface area contributed by atoms with E-state index in [1.807, 2.05) is 14.1 Å². The first-order valence-electron chi connectivity index (χ1n) is 6.26. The summed E-state index contributed by atoms with van der Waals surface area (Å²) in [6.45, 7) is 1.49. The van der Waals surface area contributed by atoms with Gasteiger partial charge in [0.15, 0.2) is 17.2 Å². The molecule has 0 aliphatic carbocycles. The van der Waals surface area contributed by atoms with Crippen molar-refractivity contribution in [1.29, 1.82) is 0 Å². The molecule has 7 heteroatoms. The van der Waals surface area contributed by atoms with Gasteiger partial charge >= 0.3 is 0 Å². The second kappa shape index (κ2) is 5.88. The van der Waals surface area contributed by atoms with Crippen LogP contribution in [0.15, 0.2) is 4.90 Å². The van der Waals surface area contributed by atoms with E-state index in [-0.39, 0.29) is 0 Å². The third-order valence-electron chi connectivity index (χ3n) is 3.07. The van der Waals surface area contributed by atoms with Crippen LogP contribution in [-0.2, 0) is 0 Å². The van der Waals surface area contributed by atoms with Crippen molar-refractivity contribution in [2.45, 2.75) is 10.1 Å². The average Bonchev–Trinajstić information content (AvgIpc) is 2.41. The predicted molar refractivity (Wildman–Crippen MR) is 82.1 cm³/mol. The van der Waals surface area contributed by atoms with Crippen molar-refractivity contribution in [3.05, 3.63) is 0 Å². The molecule has 20 heavy (non-hydrogen) atoms. The quantitative estimate of drug-likeness (QED) is 0.810. The largest absolute Gasteiger partial charge is 0.491 e. The van der Waals surface area contributed by atoms with Crippen LogP contribution in [0.1, 0.15) is 0 Å². The molecule has 4 N–H and O–H groups in total. The summed E-state index contributed by atoms with van der Waals surface area (Å²) in [7, 11) is 7.14. The highest BCUT2D eigenvalue weighted by molar-refractivity contribution is 8.00. The van der Waals surface area contributed by atoms with Gasteiger partial charge < -0.3 is 30.6 Å². The Morgan fingerprint density at radius 3 is 2.35 bits per heavy atom. The summed E-state index contributed by atoms with van der Waals surface area (Å²) in [6, 6.07) is 0. The maximum Gasteiger partial charge on any atom is 0.189 e. The topological polar surface area (TPSA) is 83.0 Å². The molecule has 0 saturated heterocycles. The Bertz CT molecular complexity index is 508. The van der Waals surface area contributed by atoms with E-state index in [1.165, 1.54) is 7.11 Å². The summed E-state index contributed by atoms with van der Waals surface area (Å²) in [5.74, 6) is 1.49. The van der Waals surface area contributed by atoms with Crippen LogP contribution in [0.5, 0.6) is 17.2 Å². The maximum atomic E-state index is 6.18. The van der Waals surface area contributed by atoms with Gasteiger partial charge in [0.2, 0.25) is 0 Å². The highest BCUT2D eigenvalue weighted by atomic mass is 32.2. The van der Waals surface area contributed by atoms with Crippen LogP contribution in [0.2, 0.25) is 0 Å². The Hall–Kier alpha value is -1.47. The standard InChI is InChI=1S/C13H21N3O3S/c1-16(2)5-7-6-19-12-8(14)10(17-3)11(18-4)9(15)13(12)20-7/h7H,5-6,14-15H2,1-4H3. The fourth-order valence-corrected chi connectivity index (χ4v) is 3.57. The molecule has 1 aliphatic rings. The Balaban J connectivity index is 2.44. The number of hydrogen-bond donors (Lipinski definition) is 2. The monoisotopic (exact) mass is 299 g/mol. The van der Waals surface area contributed by atoms with E-state index < -0.39 is 0 Å². The number of benzene rings is 1. The summed E-state index contributed by atoms with van der Waals surface area (Å²) in [5.41, 5.74) is 13.2. The Kier molecular flexibility index (Phi) is 4.39. The van der Waals surface area contributed by atoms with Crippen molar-refractivity contribution in [2.75, 3.05) is 52.9 Å². The molecular formula is C13H21N3O3S.